The molecular formula is C12H19Cl2HfSi-2. The number of allylic oxidation sites excluding steroid dienone is 8. The van der Waals surface area contributed by atoms with Crippen LogP contribution in [0.1, 0.15) is 12.8 Å². The van der Waals surface area contributed by atoms with Crippen molar-refractivity contribution in [2.24, 2.45) is 0 Å². The number of rotatable bonds is 0. The fourth-order valence-corrected chi connectivity index (χ4v) is 0.680. The van der Waals surface area contributed by atoms with Gasteiger partial charge in [-0.3, -0.25) is 12.2 Å². The summed E-state index contributed by atoms with van der Waals surface area (Å²) in [7, 11) is 0.750. The summed E-state index contributed by atoms with van der Waals surface area (Å²) >= 11 is 0. The van der Waals surface area contributed by atoms with Crippen molar-refractivity contribution in [3.63, 3.8) is 0 Å². The number of halogens is 2. The molecule has 0 aliphatic heterocycles. The molecule has 4 heteroatoms. The fraction of sp³-hybridized carbons (Fsp3) is 0.333. The van der Waals surface area contributed by atoms with Crippen molar-refractivity contribution >= 4 is 34.3 Å². The molecule has 0 amide bonds. The summed E-state index contributed by atoms with van der Waals surface area (Å²) in [4.78, 5) is 0. The van der Waals surface area contributed by atoms with Crippen LogP contribution in [-0.2, 0) is 25.8 Å². The molecule has 0 bridgehead atoms. The summed E-state index contributed by atoms with van der Waals surface area (Å²) in [6.07, 6.45) is 20.0. The van der Waals surface area contributed by atoms with Crippen molar-refractivity contribution in [2.45, 2.75) is 25.9 Å². The first-order valence-corrected chi connectivity index (χ1v) is 6.90. The van der Waals surface area contributed by atoms with Crippen molar-refractivity contribution in [3.8, 4) is 0 Å². The van der Waals surface area contributed by atoms with Gasteiger partial charge in [0.25, 0.3) is 0 Å². The van der Waals surface area contributed by atoms with Crippen LogP contribution in [0, 0.1) is 12.2 Å². The van der Waals surface area contributed by atoms with E-state index in [9.17, 15) is 0 Å². The van der Waals surface area contributed by atoms with Crippen molar-refractivity contribution in [1.82, 2.24) is 0 Å². The van der Waals surface area contributed by atoms with E-state index in [1.807, 2.05) is 24.3 Å². The predicted molar refractivity (Wildman–Crippen MR) is 76.5 cm³/mol. The van der Waals surface area contributed by atoms with Crippen LogP contribution >= 0.6 is 24.8 Å². The molecule has 0 atom stereocenters. The van der Waals surface area contributed by atoms with E-state index in [2.05, 4.69) is 37.4 Å². The van der Waals surface area contributed by atoms with Gasteiger partial charge in [-0.15, -0.1) is 37.7 Å². The Morgan fingerprint density at radius 3 is 1.25 bits per heavy atom. The normalized spacial score (nSPS) is 12.1. The summed E-state index contributed by atoms with van der Waals surface area (Å²) in [5.41, 5.74) is 0. The van der Waals surface area contributed by atoms with Crippen LogP contribution in [0.5, 0.6) is 0 Å². The van der Waals surface area contributed by atoms with E-state index in [0.717, 1.165) is 22.4 Å². The van der Waals surface area contributed by atoms with E-state index in [1.54, 1.807) is 0 Å². The van der Waals surface area contributed by atoms with E-state index in [1.165, 1.54) is 0 Å². The summed E-state index contributed by atoms with van der Waals surface area (Å²) in [5.74, 6) is 0. The Morgan fingerprint density at radius 1 is 0.875 bits per heavy atom. The quantitative estimate of drug-likeness (QED) is 0.395. The Kier molecular flexibility index (Phi) is 39.4. The van der Waals surface area contributed by atoms with Gasteiger partial charge >= 0.3 is 0 Å². The zero-order chi connectivity index (χ0) is 9.78. The number of hydrogen-bond donors (Lipinski definition) is 0. The Labute approximate surface area is 134 Å². The topological polar surface area (TPSA) is 0 Å². The molecule has 0 aromatic carbocycles. The average molecular weight is 441 g/mol. The minimum atomic E-state index is 0. The molecule has 2 rings (SSSR count). The van der Waals surface area contributed by atoms with E-state index in [0.29, 0.717) is 0 Å². The van der Waals surface area contributed by atoms with Crippen molar-refractivity contribution in [3.05, 3.63) is 48.6 Å². The molecule has 0 fully saturated rings. The van der Waals surface area contributed by atoms with Gasteiger partial charge in [0.1, 0.15) is 0 Å². The monoisotopic (exact) mass is 441 g/mol. The first-order valence-electron chi connectivity index (χ1n) is 4.59. The van der Waals surface area contributed by atoms with Gasteiger partial charge in [-0.25, -0.2) is 24.3 Å². The summed E-state index contributed by atoms with van der Waals surface area (Å²) in [5, 5.41) is 0. The molecule has 1 radical (unpaired) electrons. The molecule has 2 aliphatic carbocycles. The van der Waals surface area contributed by atoms with E-state index < -0.39 is 0 Å². The molecule has 16 heavy (non-hydrogen) atoms. The molecular weight excluding hydrogens is 422 g/mol. The summed E-state index contributed by atoms with van der Waals surface area (Å²) in [6, 6.07) is 0. The van der Waals surface area contributed by atoms with Crippen LogP contribution in [0.3, 0.4) is 0 Å². The standard InChI is InChI=1S/2C5H5.C2H7Si.2ClH.Hf/c2*1-2-4-5-3-1;1-3-2;;;/h2*1-3H,4H2;3H,1-2H3;2*1H;/q2*-1;;;;. The van der Waals surface area contributed by atoms with Crippen molar-refractivity contribution in [2.75, 3.05) is 0 Å². The van der Waals surface area contributed by atoms with Crippen molar-refractivity contribution < 1.29 is 25.8 Å². The van der Waals surface area contributed by atoms with E-state index in [4.69, 9.17) is 0 Å². The Morgan fingerprint density at radius 2 is 1.19 bits per heavy atom. The van der Waals surface area contributed by atoms with E-state index in [-0.39, 0.29) is 50.7 Å². The molecule has 2 aliphatic rings. The third-order valence-electron chi connectivity index (χ3n) is 1.17. The maximum atomic E-state index is 2.99. The summed E-state index contributed by atoms with van der Waals surface area (Å²) in [6.45, 7) is 4.42. The molecule has 0 heterocycles. The molecule has 0 unspecified atom stereocenters. The smallest absolute Gasteiger partial charge is 0.0213 e. The van der Waals surface area contributed by atoms with Crippen LogP contribution in [0.25, 0.3) is 0 Å². The third kappa shape index (κ3) is 24.1. The van der Waals surface area contributed by atoms with Crippen LogP contribution in [0.4, 0.5) is 0 Å². The summed E-state index contributed by atoms with van der Waals surface area (Å²) < 4.78 is 0. The first-order chi connectivity index (χ1) is 6.41. The SMILES string of the molecule is C[SiH]C.Cl.Cl.[C-]1=CC=CC1.[C-]1=CC=CC1.[Hf]. The van der Waals surface area contributed by atoms with Gasteiger partial charge in [-0.05, 0) is 0 Å². The van der Waals surface area contributed by atoms with Gasteiger partial charge < -0.3 is 0 Å². The predicted octanol–water partition coefficient (Wildman–Crippen LogP) is 3.97. The largest absolute Gasteiger partial charge is 0.273 e. The molecule has 0 spiro atoms. The molecule has 0 N–H and O–H groups in total. The second-order valence-corrected chi connectivity index (χ2v) is 3.74. The minimum absolute atomic E-state index is 0. The molecule has 0 nitrogen and oxygen atoms in total. The molecule has 0 aromatic rings. The van der Waals surface area contributed by atoms with Crippen LogP contribution < -0.4 is 0 Å². The molecule has 91 valence electrons. The Bertz CT molecular complexity index is 169. The van der Waals surface area contributed by atoms with Gasteiger partial charge in [0.15, 0.2) is 0 Å². The van der Waals surface area contributed by atoms with E-state index >= 15 is 0 Å². The maximum absolute atomic E-state index is 2.99. The van der Waals surface area contributed by atoms with Gasteiger partial charge in [-0.1, -0.05) is 13.1 Å². The fourth-order valence-electron chi connectivity index (χ4n) is 0.680. The average Bonchev–Trinajstić information content (AvgIpc) is 2.85. The van der Waals surface area contributed by atoms with Crippen LogP contribution in [0.2, 0.25) is 13.1 Å². The van der Waals surface area contributed by atoms with Crippen LogP contribution in [0.15, 0.2) is 36.5 Å². The molecule has 0 saturated carbocycles. The maximum Gasteiger partial charge on any atom is 0.0213 e. The van der Waals surface area contributed by atoms with Gasteiger partial charge in [0.2, 0.25) is 0 Å². The Balaban J connectivity index is -0.0000000638. The van der Waals surface area contributed by atoms with Crippen molar-refractivity contribution in [1.29, 1.82) is 0 Å². The molecule has 0 saturated heterocycles. The third-order valence-corrected chi connectivity index (χ3v) is 1.17. The second-order valence-electron chi connectivity index (χ2n) is 2.58. The molecule has 0 aromatic heterocycles. The second kappa shape index (κ2) is 24.7. The van der Waals surface area contributed by atoms with Gasteiger partial charge in [-0.2, -0.15) is 12.2 Å². The Hall–Kier alpha value is 0.627. The van der Waals surface area contributed by atoms with Crippen LogP contribution in [-0.4, -0.2) is 9.52 Å². The zero-order valence-corrected chi connectivity index (χ0v) is 16.2. The van der Waals surface area contributed by atoms with Gasteiger partial charge in [0, 0.05) is 35.4 Å². The minimum Gasteiger partial charge on any atom is -0.273 e. The first kappa shape index (κ1) is 25.5. The number of hydrogen-bond acceptors (Lipinski definition) is 0. The van der Waals surface area contributed by atoms with Gasteiger partial charge in [0.05, 0.1) is 0 Å². The zero-order valence-electron chi connectivity index (χ0n) is 9.77.